The quantitative estimate of drug-likeness (QED) is 0.185. The molecule has 2 aromatic rings. The summed E-state index contributed by atoms with van der Waals surface area (Å²) in [6.45, 7) is 8.94. The van der Waals surface area contributed by atoms with Gasteiger partial charge in [0.1, 0.15) is 29.5 Å². The minimum atomic E-state index is -4.18. The first-order chi connectivity index (χ1) is 24.6. The smallest absolute Gasteiger partial charge is 0.408 e. The second-order valence-corrected chi connectivity index (χ2v) is 16.8. The highest BCUT2D eigenvalue weighted by atomic mass is 35.5. The third-order valence-corrected chi connectivity index (χ3v) is 11.2. The van der Waals surface area contributed by atoms with Gasteiger partial charge in [0.15, 0.2) is 0 Å². The van der Waals surface area contributed by atoms with Crippen LogP contribution in [-0.4, -0.2) is 90.1 Å². The van der Waals surface area contributed by atoms with Crippen molar-refractivity contribution in [3.63, 3.8) is 0 Å². The molecule has 1 aromatic carbocycles. The number of nitrogens with zero attached hydrogens (tertiary/aromatic N) is 4. The third kappa shape index (κ3) is 8.50. The lowest BCUT2D eigenvalue weighted by atomic mass is 9.85. The lowest BCUT2D eigenvalue weighted by molar-refractivity contribution is -0.142. The molecule has 3 aliphatic carbocycles. The summed E-state index contributed by atoms with van der Waals surface area (Å²) < 4.78 is 35.4. The number of aromatic nitrogens is 2. The van der Waals surface area contributed by atoms with E-state index < -0.39 is 63.0 Å². The predicted octanol–water partition coefficient (Wildman–Crippen LogP) is 3.03. The zero-order valence-corrected chi connectivity index (χ0v) is 31.0. The van der Waals surface area contributed by atoms with E-state index in [9.17, 15) is 27.6 Å². The van der Waals surface area contributed by atoms with Gasteiger partial charge in [-0.2, -0.15) is 13.1 Å². The van der Waals surface area contributed by atoms with Crippen LogP contribution >= 0.6 is 11.6 Å². The summed E-state index contributed by atoms with van der Waals surface area (Å²) in [4.78, 5) is 67.2. The zero-order valence-electron chi connectivity index (χ0n) is 29.4. The molecule has 2 heterocycles. The molecule has 4 N–H and O–H groups in total. The van der Waals surface area contributed by atoms with Gasteiger partial charge in [-0.3, -0.25) is 14.4 Å². The Morgan fingerprint density at radius 1 is 1.08 bits per heavy atom. The van der Waals surface area contributed by atoms with Gasteiger partial charge in [0, 0.05) is 23.6 Å². The number of anilines is 1. The number of amides is 4. The van der Waals surface area contributed by atoms with Crippen LogP contribution in [0, 0.1) is 11.3 Å². The van der Waals surface area contributed by atoms with E-state index in [2.05, 4.69) is 36.6 Å². The summed E-state index contributed by atoms with van der Waals surface area (Å²) in [6.07, 6.45) is 5.36. The summed E-state index contributed by atoms with van der Waals surface area (Å²) in [6, 6.07) is 8.44. The maximum absolute atomic E-state index is 14.6. The van der Waals surface area contributed by atoms with Gasteiger partial charge in [-0.05, 0) is 62.0 Å². The van der Waals surface area contributed by atoms with E-state index in [4.69, 9.17) is 16.3 Å². The highest BCUT2D eigenvalue weighted by Crippen LogP contribution is 2.45. The Kier molecular flexibility index (Phi) is 10.5. The van der Waals surface area contributed by atoms with Crippen molar-refractivity contribution >= 4 is 51.4 Å². The van der Waals surface area contributed by atoms with Crippen LogP contribution in [0.1, 0.15) is 65.7 Å². The monoisotopic (exact) mass is 756 g/mol. The molecule has 52 heavy (non-hydrogen) atoms. The molecule has 0 spiro atoms. The van der Waals surface area contributed by atoms with Crippen molar-refractivity contribution < 1.29 is 32.3 Å². The van der Waals surface area contributed by atoms with E-state index in [1.165, 1.54) is 11.0 Å². The molecule has 280 valence electrons. The Balaban J connectivity index is 1.29. The summed E-state index contributed by atoms with van der Waals surface area (Å²) in [5.41, 5.74) is -1.12. The first kappa shape index (κ1) is 37.5. The number of hydrogen-bond acceptors (Lipinski definition) is 10. The Labute approximate surface area is 308 Å². The average molecular weight is 757 g/mol. The van der Waals surface area contributed by atoms with Crippen LogP contribution in [0.3, 0.4) is 0 Å². The fraction of sp³-hybridized carbons (Fsp3) is 0.543. The highest BCUT2D eigenvalue weighted by Gasteiger charge is 2.61. The van der Waals surface area contributed by atoms with Crippen LogP contribution < -0.4 is 25.0 Å². The highest BCUT2D eigenvalue weighted by molar-refractivity contribution is 7.88. The number of alkyl carbamates (subject to hydrolysis) is 1. The molecule has 1 aliphatic heterocycles. The Morgan fingerprint density at radius 3 is 2.38 bits per heavy atom. The minimum absolute atomic E-state index is 0.0468. The average Bonchev–Trinajstić information content (AvgIpc) is 3.90. The maximum atomic E-state index is 14.6. The Morgan fingerprint density at radius 2 is 1.77 bits per heavy atom. The van der Waals surface area contributed by atoms with Crippen molar-refractivity contribution in [3.8, 4) is 11.3 Å². The molecule has 0 unspecified atom stereocenters. The molecule has 15 nitrogen and oxygen atoms in total. The van der Waals surface area contributed by atoms with Gasteiger partial charge in [-0.1, -0.05) is 57.2 Å². The second kappa shape index (κ2) is 14.6. The van der Waals surface area contributed by atoms with Gasteiger partial charge >= 0.3 is 16.3 Å². The molecule has 4 amide bonds. The number of carbonyl (C=O) groups is 4. The molecular weight excluding hydrogens is 712 g/mol. The fourth-order valence-electron chi connectivity index (χ4n) is 6.71. The van der Waals surface area contributed by atoms with Gasteiger partial charge in [0.05, 0.1) is 18.9 Å². The largest absolute Gasteiger partial charge is 0.446 e. The van der Waals surface area contributed by atoms with Crippen molar-refractivity contribution in [2.75, 3.05) is 18.1 Å². The number of nitrogens with one attached hydrogen (secondary N) is 4. The molecule has 1 aromatic heterocycles. The molecule has 17 heteroatoms. The van der Waals surface area contributed by atoms with E-state index in [0.717, 1.165) is 31.2 Å². The topological polar surface area (TPSA) is 192 Å². The van der Waals surface area contributed by atoms with Gasteiger partial charge in [0.2, 0.25) is 17.1 Å². The van der Waals surface area contributed by atoms with Crippen LogP contribution in [0.2, 0.25) is 5.28 Å². The Bertz CT molecular complexity index is 1830. The molecule has 4 aliphatic rings. The van der Waals surface area contributed by atoms with Crippen LogP contribution in [0.25, 0.3) is 11.3 Å². The number of carbonyl (C=O) groups excluding carboxylic acids is 4. The molecular formula is C35H45ClN8O7S. The van der Waals surface area contributed by atoms with Crippen LogP contribution in [-0.2, 0) is 29.3 Å². The Hall–Kier alpha value is -4.28. The number of benzene rings is 1. The normalized spacial score (nSPS) is 23.8. The molecule has 0 radical (unpaired) electrons. The first-order valence-corrected chi connectivity index (χ1v) is 19.4. The molecule has 3 saturated carbocycles. The van der Waals surface area contributed by atoms with Crippen molar-refractivity contribution in [2.45, 2.75) is 95.5 Å². The van der Waals surface area contributed by atoms with E-state index in [1.807, 2.05) is 30.3 Å². The summed E-state index contributed by atoms with van der Waals surface area (Å²) in [5, 5.41) is 5.48. The maximum Gasteiger partial charge on any atom is 0.408 e. The van der Waals surface area contributed by atoms with E-state index in [-0.39, 0.29) is 37.1 Å². The van der Waals surface area contributed by atoms with Crippen LogP contribution in [0.4, 0.5) is 10.6 Å². The number of halogens is 1. The standard InChI is InChI=1S/C35H45ClN8O7S/c1-5-22-18-35(22,31(47)42-52(49,50)41-23-15-16-23)40-29(45)26-19-43(27-17-25(37-32(36)38-27)21-11-7-6-8-12-21)20-44(26)30(46)28(34(2,3)4)39-33(48)51-24-13-9-10-14-24/h5-8,11-12,17,22-24,26,28,41H,1,9-10,13-16,18-20H2,2-4H3,(H,39,48)(H,40,45)(H,42,47)/t22-,26+,28-,35+/m1/s1. The zero-order chi connectivity index (χ0) is 37.4. The minimum Gasteiger partial charge on any atom is -0.446 e. The number of hydrogen-bond donors (Lipinski definition) is 4. The van der Waals surface area contributed by atoms with Crippen LogP contribution in [0.5, 0.6) is 0 Å². The summed E-state index contributed by atoms with van der Waals surface area (Å²) in [5.74, 6) is -2.39. The molecule has 4 atom stereocenters. The molecule has 4 fully saturated rings. The van der Waals surface area contributed by atoms with Gasteiger partial charge < -0.3 is 25.2 Å². The lowest BCUT2D eigenvalue weighted by Crippen LogP contribution is -2.61. The summed E-state index contributed by atoms with van der Waals surface area (Å²) in [7, 11) is -4.18. The first-order valence-electron chi connectivity index (χ1n) is 17.5. The SMILES string of the molecule is C=C[C@@H]1C[C@@]1(NC(=O)[C@@H]1CN(c2cc(-c3ccccc3)nc(Cl)n2)CN1C(=O)[C@@H](NC(=O)OC1CCCC1)C(C)(C)C)C(=O)NS(=O)(=O)NC1CC1. The molecule has 6 rings (SSSR count). The molecule has 0 bridgehead atoms. The van der Waals surface area contributed by atoms with Crippen molar-refractivity contribution in [3.05, 3.63) is 54.3 Å². The van der Waals surface area contributed by atoms with E-state index in [1.54, 1.807) is 31.7 Å². The van der Waals surface area contributed by atoms with Crippen molar-refractivity contribution in [1.29, 1.82) is 0 Å². The number of rotatable bonds is 12. The van der Waals surface area contributed by atoms with Crippen molar-refractivity contribution in [2.24, 2.45) is 11.3 Å². The molecule has 1 saturated heterocycles. The second-order valence-electron chi connectivity index (χ2n) is 15.0. The van der Waals surface area contributed by atoms with Crippen molar-refractivity contribution in [1.82, 2.24) is 34.9 Å². The summed E-state index contributed by atoms with van der Waals surface area (Å²) >= 11 is 6.39. The van der Waals surface area contributed by atoms with Gasteiger partial charge in [-0.25, -0.2) is 19.5 Å². The third-order valence-electron chi connectivity index (χ3n) is 9.89. The van der Waals surface area contributed by atoms with Gasteiger partial charge in [0.25, 0.3) is 5.91 Å². The van der Waals surface area contributed by atoms with E-state index >= 15 is 0 Å². The van der Waals surface area contributed by atoms with Gasteiger partial charge in [-0.15, -0.1) is 6.58 Å². The fourth-order valence-corrected chi connectivity index (χ4v) is 8.05. The number of ether oxygens (including phenoxy) is 1. The van der Waals surface area contributed by atoms with E-state index in [0.29, 0.717) is 24.4 Å². The lowest BCUT2D eigenvalue weighted by Gasteiger charge is -2.35. The predicted molar refractivity (Wildman–Crippen MR) is 193 cm³/mol. The van der Waals surface area contributed by atoms with Crippen LogP contribution in [0.15, 0.2) is 49.1 Å².